The summed E-state index contributed by atoms with van der Waals surface area (Å²) in [7, 11) is 1.94. The van der Waals surface area contributed by atoms with Gasteiger partial charge in [0.2, 0.25) is 5.95 Å². The summed E-state index contributed by atoms with van der Waals surface area (Å²) in [5, 5.41) is 3.12. The molecule has 16 heavy (non-hydrogen) atoms. The third kappa shape index (κ3) is 2.92. The van der Waals surface area contributed by atoms with Crippen molar-refractivity contribution in [2.45, 2.75) is 32.2 Å². The summed E-state index contributed by atoms with van der Waals surface area (Å²) in [6.45, 7) is 3.01. The van der Waals surface area contributed by atoms with Crippen molar-refractivity contribution in [1.29, 1.82) is 0 Å². The Hall–Kier alpha value is -1.16. The Morgan fingerprint density at radius 3 is 2.69 bits per heavy atom. The molecule has 1 aliphatic rings. The Bertz CT molecular complexity index is 319. The van der Waals surface area contributed by atoms with E-state index in [0.717, 1.165) is 31.3 Å². The van der Waals surface area contributed by atoms with Crippen LogP contribution in [-0.4, -0.2) is 30.1 Å². The van der Waals surface area contributed by atoms with E-state index < -0.39 is 0 Å². The molecule has 2 heterocycles. The van der Waals surface area contributed by atoms with E-state index in [1.165, 1.54) is 25.7 Å². The molecule has 0 amide bonds. The summed E-state index contributed by atoms with van der Waals surface area (Å²) < 4.78 is 0. The first-order valence-electron chi connectivity index (χ1n) is 6.11. The molecule has 4 heteroatoms. The second kappa shape index (κ2) is 5.80. The molecule has 1 saturated heterocycles. The molecule has 1 N–H and O–H groups in total. The molecule has 0 aliphatic carbocycles. The van der Waals surface area contributed by atoms with Crippen LogP contribution in [0.4, 0.5) is 5.95 Å². The lowest BCUT2D eigenvalue weighted by molar-refractivity contribution is 0.726. The van der Waals surface area contributed by atoms with Crippen LogP contribution in [0.3, 0.4) is 0 Å². The molecular formula is C12H20N4. The third-order valence-electron chi connectivity index (χ3n) is 2.95. The molecule has 0 saturated carbocycles. The van der Waals surface area contributed by atoms with Crippen molar-refractivity contribution < 1.29 is 0 Å². The van der Waals surface area contributed by atoms with E-state index in [1.54, 1.807) is 0 Å². The van der Waals surface area contributed by atoms with Gasteiger partial charge in [0.1, 0.15) is 0 Å². The van der Waals surface area contributed by atoms with Gasteiger partial charge >= 0.3 is 0 Å². The zero-order chi connectivity index (χ0) is 11.2. The summed E-state index contributed by atoms with van der Waals surface area (Å²) in [5.41, 5.74) is 1.07. The minimum atomic E-state index is 0.809. The van der Waals surface area contributed by atoms with Crippen molar-refractivity contribution in [1.82, 2.24) is 15.3 Å². The number of hydrogen-bond donors (Lipinski definition) is 1. The number of aromatic nitrogens is 2. The molecular weight excluding hydrogens is 200 g/mol. The largest absolute Gasteiger partial charge is 0.341 e. The second-order valence-electron chi connectivity index (χ2n) is 4.28. The molecule has 2 rings (SSSR count). The lowest BCUT2D eigenvalue weighted by atomic mass is 10.2. The smallest absolute Gasteiger partial charge is 0.225 e. The van der Waals surface area contributed by atoms with Crippen molar-refractivity contribution in [2.24, 2.45) is 0 Å². The van der Waals surface area contributed by atoms with Crippen molar-refractivity contribution in [3.8, 4) is 0 Å². The van der Waals surface area contributed by atoms with Crippen LogP contribution in [0.15, 0.2) is 12.3 Å². The average Bonchev–Trinajstić information content (AvgIpc) is 2.58. The molecule has 1 aromatic rings. The molecule has 0 spiro atoms. The van der Waals surface area contributed by atoms with Gasteiger partial charge in [0.05, 0.1) is 5.69 Å². The fourth-order valence-corrected chi connectivity index (χ4v) is 2.09. The van der Waals surface area contributed by atoms with Crippen molar-refractivity contribution in [3.05, 3.63) is 18.0 Å². The minimum absolute atomic E-state index is 0.809. The zero-order valence-electron chi connectivity index (χ0n) is 9.95. The Morgan fingerprint density at radius 2 is 2.00 bits per heavy atom. The quantitative estimate of drug-likeness (QED) is 0.839. The van der Waals surface area contributed by atoms with E-state index in [0.29, 0.717) is 0 Å². The fourth-order valence-electron chi connectivity index (χ4n) is 2.09. The maximum atomic E-state index is 4.58. The average molecular weight is 220 g/mol. The van der Waals surface area contributed by atoms with Gasteiger partial charge in [-0.05, 0) is 26.0 Å². The van der Waals surface area contributed by atoms with Crippen LogP contribution in [0.5, 0.6) is 0 Å². The van der Waals surface area contributed by atoms with E-state index in [-0.39, 0.29) is 0 Å². The summed E-state index contributed by atoms with van der Waals surface area (Å²) >= 11 is 0. The first-order chi connectivity index (χ1) is 7.90. The molecule has 0 unspecified atom stereocenters. The maximum Gasteiger partial charge on any atom is 0.225 e. The number of hydrogen-bond acceptors (Lipinski definition) is 4. The van der Waals surface area contributed by atoms with Gasteiger partial charge in [0.15, 0.2) is 0 Å². The Kier molecular flexibility index (Phi) is 4.10. The van der Waals surface area contributed by atoms with Gasteiger partial charge in [-0.3, -0.25) is 0 Å². The highest BCUT2D eigenvalue weighted by Gasteiger charge is 2.12. The summed E-state index contributed by atoms with van der Waals surface area (Å²) in [4.78, 5) is 11.3. The summed E-state index contributed by atoms with van der Waals surface area (Å²) in [6, 6.07) is 1.97. The van der Waals surface area contributed by atoms with Gasteiger partial charge in [-0.25, -0.2) is 9.97 Å². The molecule has 0 atom stereocenters. The van der Waals surface area contributed by atoms with Crippen molar-refractivity contribution in [2.75, 3.05) is 25.0 Å². The Morgan fingerprint density at radius 1 is 1.25 bits per heavy atom. The van der Waals surface area contributed by atoms with Crippen molar-refractivity contribution in [3.63, 3.8) is 0 Å². The molecule has 1 fully saturated rings. The van der Waals surface area contributed by atoms with Crippen LogP contribution in [-0.2, 0) is 6.54 Å². The molecule has 0 bridgehead atoms. The van der Waals surface area contributed by atoms with Gasteiger partial charge in [0, 0.05) is 25.8 Å². The third-order valence-corrected chi connectivity index (χ3v) is 2.95. The fraction of sp³-hybridized carbons (Fsp3) is 0.667. The minimum Gasteiger partial charge on any atom is -0.341 e. The van der Waals surface area contributed by atoms with Crippen LogP contribution >= 0.6 is 0 Å². The van der Waals surface area contributed by atoms with Gasteiger partial charge in [-0.15, -0.1) is 0 Å². The first-order valence-corrected chi connectivity index (χ1v) is 6.11. The van der Waals surface area contributed by atoms with Crippen LogP contribution in [0, 0.1) is 0 Å². The Labute approximate surface area is 97.1 Å². The van der Waals surface area contributed by atoms with E-state index in [1.807, 2.05) is 19.3 Å². The summed E-state index contributed by atoms with van der Waals surface area (Å²) in [6.07, 6.45) is 7.07. The van der Waals surface area contributed by atoms with Crippen molar-refractivity contribution >= 4 is 5.95 Å². The van der Waals surface area contributed by atoms with Gasteiger partial charge in [-0.2, -0.15) is 0 Å². The van der Waals surface area contributed by atoms with Crippen LogP contribution in [0.1, 0.15) is 31.4 Å². The lowest BCUT2D eigenvalue weighted by Crippen LogP contribution is -2.26. The lowest BCUT2D eigenvalue weighted by Gasteiger charge is -2.20. The highest BCUT2D eigenvalue weighted by molar-refractivity contribution is 5.30. The van der Waals surface area contributed by atoms with E-state index in [9.17, 15) is 0 Å². The molecule has 88 valence electrons. The molecule has 4 nitrogen and oxygen atoms in total. The van der Waals surface area contributed by atoms with Gasteiger partial charge in [-0.1, -0.05) is 12.8 Å². The maximum absolute atomic E-state index is 4.58. The topological polar surface area (TPSA) is 41.1 Å². The number of rotatable bonds is 3. The normalized spacial score (nSPS) is 17.2. The molecule has 0 aromatic carbocycles. The molecule has 0 radical (unpaired) electrons. The first kappa shape index (κ1) is 11.3. The van der Waals surface area contributed by atoms with E-state index in [4.69, 9.17) is 0 Å². The van der Waals surface area contributed by atoms with Crippen LogP contribution in [0.2, 0.25) is 0 Å². The second-order valence-corrected chi connectivity index (χ2v) is 4.28. The van der Waals surface area contributed by atoms with E-state index in [2.05, 4.69) is 20.2 Å². The zero-order valence-corrected chi connectivity index (χ0v) is 9.95. The van der Waals surface area contributed by atoms with Gasteiger partial charge in [0.25, 0.3) is 0 Å². The molecule has 1 aromatic heterocycles. The SMILES string of the molecule is CNCc1ccnc(N2CCCCCC2)n1. The number of anilines is 1. The predicted octanol–water partition coefficient (Wildman–Crippen LogP) is 1.58. The van der Waals surface area contributed by atoms with Crippen LogP contribution < -0.4 is 10.2 Å². The predicted molar refractivity (Wildman–Crippen MR) is 65.5 cm³/mol. The number of nitrogens with one attached hydrogen (secondary N) is 1. The van der Waals surface area contributed by atoms with Gasteiger partial charge < -0.3 is 10.2 Å². The standard InChI is InChI=1S/C12H20N4/c1-13-10-11-6-7-14-12(15-11)16-8-4-2-3-5-9-16/h6-7,13H,2-5,8-10H2,1H3. The molecule has 1 aliphatic heterocycles. The Balaban J connectivity index is 2.08. The highest BCUT2D eigenvalue weighted by atomic mass is 15.2. The number of nitrogens with zero attached hydrogens (tertiary/aromatic N) is 3. The highest BCUT2D eigenvalue weighted by Crippen LogP contribution is 2.15. The summed E-state index contributed by atoms with van der Waals surface area (Å²) in [5.74, 6) is 0.898. The monoisotopic (exact) mass is 220 g/mol. The van der Waals surface area contributed by atoms with Crippen LogP contribution in [0.25, 0.3) is 0 Å². The van der Waals surface area contributed by atoms with E-state index >= 15 is 0 Å².